The van der Waals surface area contributed by atoms with E-state index < -0.39 is 0 Å². The number of aromatic nitrogens is 3. The third kappa shape index (κ3) is 3.04. The zero-order valence-electron chi connectivity index (χ0n) is 12.2. The van der Waals surface area contributed by atoms with Crippen molar-refractivity contribution in [3.8, 4) is 11.4 Å². The summed E-state index contributed by atoms with van der Waals surface area (Å²) in [5, 5.41) is 3.87. The second-order valence-corrected chi connectivity index (χ2v) is 5.31. The van der Waals surface area contributed by atoms with Crippen LogP contribution in [0, 0.1) is 6.92 Å². The minimum absolute atomic E-state index is 0.0166. The first-order chi connectivity index (χ1) is 10.7. The van der Waals surface area contributed by atoms with E-state index >= 15 is 0 Å². The Morgan fingerprint density at radius 3 is 2.64 bits per heavy atom. The van der Waals surface area contributed by atoms with Crippen LogP contribution in [0.5, 0.6) is 0 Å². The summed E-state index contributed by atoms with van der Waals surface area (Å²) in [6, 6.07) is 3.85. The minimum Gasteiger partial charge on any atom is -0.353 e. The van der Waals surface area contributed by atoms with E-state index in [4.69, 9.17) is 16.1 Å². The first-order valence-electron chi connectivity index (χ1n) is 7.03. The molecular weight excluding hydrogens is 306 g/mol. The molecule has 0 spiro atoms. The molecule has 0 atom stereocenters. The van der Waals surface area contributed by atoms with Crippen LogP contribution in [-0.4, -0.2) is 58.0 Å². The fourth-order valence-corrected chi connectivity index (χ4v) is 2.56. The van der Waals surface area contributed by atoms with Crippen LogP contribution in [0.3, 0.4) is 0 Å². The number of piperazine rings is 1. The average molecular weight is 322 g/mol. The van der Waals surface area contributed by atoms with Gasteiger partial charge >= 0.3 is 0 Å². The Morgan fingerprint density at radius 1 is 1.32 bits per heavy atom. The predicted octanol–water partition coefficient (Wildman–Crippen LogP) is 1.33. The number of rotatable bonds is 3. The molecule has 22 heavy (non-hydrogen) atoms. The van der Waals surface area contributed by atoms with E-state index in [0.717, 1.165) is 24.5 Å². The van der Waals surface area contributed by atoms with Crippen molar-refractivity contribution in [1.29, 1.82) is 0 Å². The lowest BCUT2D eigenvalue weighted by atomic mass is 10.2. The van der Waals surface area contributed by atoms with Crippen LogP contribution in [0.15, 0.2) is 22.9 Å². The summed E-state index contributed by atoms with van der Waals surface area (Å²) >= 11 is 5.58. The van der Waals surface area contributed by atoms with Crippen LogP contribution < -0.4 is 4.90 Å². The number of halogens is 1. The van der Waals surface area contributed by atoms with Gasteiger partial charge in [-0.3, -0.25) is 4.79 Å². The van der Waals surface area contributed by atoms with Gasteiger partial charge in [0.2, 0.25) is 17.6 Å². The number of hydrogen-bond acceptors (Lipinski definition) is 6. The molecule has 7 nitrogen and oxygen atoms in total. The molecule has 1 amide bonds. The van der Waals surface area contributed by atoms with E-state index in [9.17, 15) is 4.79 Å². The van der Waals surface area contributed by atoms with Gasteiger partial charge in [-0.1, -0.05) is 5.16 Å². The predicted molar refractivity (Wildman–Crippen MR) is 81.8 cm³/mol. The van der Waals surface area contributed by atoms with Gasteiger partial charge < -0.3 is 14.3 Å². The van der Waals surface area contributed by atoms with E-state index in [1.165, 1.54) is 0 Å². The van der Waals surface area contributed by atoms with Gasteiger partial charge in [0, 0.05) is 44.9 Å². The van der Waals surface area contributed by atoms with Crippen molar-refractivity contribution in [1.82, 2.24) is 20.0 Å². The molecule has 1 saturated heterocycles. The van der Waals surface area contributed by atoms with Crippen LogP contribution in [0.4, 0.5) is 5.82 Å². The second kappa shape index (κ2) is 6.31. The van der Waals surface area contributed by atoms with E-state index in [2.05, 4.69) is 20.0 Å². The lowest BCUT2D eigenvalue weighted by molar-refractivity contribution is -0.128. The molecule has 0 radical (unpaired) electrons. The van der Waals surface area contributed by atoms with Crippen LogP contribution in [0.1, 0.15) is 5.89 Å². The highest BCUT2D eigenvalue weighted by Crippen LogP contribution is 2.19. The summed E-state index contributed by atoms with van der Waals surface area (Å²) in [5.41, 5.74) is 0.816. The topological polar surface area (TPSA) is 75.4 Å². The van der Waals surface area contributed by atoms with E-state index in [0.29, 0.717) is 24.8 Å². The number of amides is 1. The molecule has 1 aliphatic heterocycles. The molecule has 0 saturated carbocycles. The van der Waals surface area contributed by atoms with Crippen molar-refractivity contribution in [3.05, 3.63) is 24.2 Å². The van der Waals surface area contributed by atoms with E-state index in [-0.39, 0.29) is 11.8 Å². The first-order valence-corrected chi connectivity index (χ1v) is 7.56. The van der Waals surface area contributed by atoms with Crippen LogP contribution in [0.25, 0.3) is 11.4 Å². The zero-order valence-corrected chi connectivity index (χ0v) is 13.0. The molecule has 0 bridgehead atoms. The molecule has 116 valence electrons. The largest absolute Gasteiger partial charge is 0.353 e. The maximum Gasteiger partial charge on any atom is 0.237 e. The molecule has 2 aromatic heterocycles. The number of aryl methyl sites for hydroxylation is 1. The standard InChI is InChI=1S/C14H16ClN5O2/c1-10-17-14(18-22-10)11-2-3-12(16-9-11)19-4-6-20(7-5-19)13(21)8-15/h2-3,9H,4-8H2,1H3. The quantitative estimate of drug-likeness (QED) is 0.794. The number of anilines is 1. The molecule has 1 aliphatic rings. The second-order valence-electron chi connectivity index (χ2n) is 5.04. The van der Waals surface area contributed by atoms with Crippen molar-refractivity contribution < 1.29 is 9.32 Å². The number of carbonyl (C=O) groups is 1. The smallest absolute Gasteiger partial charge is 0.237 e. The molecule has 3 rings (SSSR count). The van der Waals surface area contributed by atoms with Gasteiger partial charge in [0.25, 0.3) is 0 Å². The molecule has 8 heteroatoms. The molecule has 0 unspecified atom stereocenters. The normalized spacial score (nSPS) is 15.2. The van der Waals surface area contributed by atoms with Gasteiger partial charge in [-0.2, -0.15) is 4.98 Å². The molecule has 2 aromatic rings. The van der Waals surface area contributed by atoms with Gasteiger partial charge in [0.05, 0.1) is 0 Å². The van der Waals surface area contributed by atoms with Crippen LogP contribution in [-0.2, 0) is 4.79 Å². The molecule has 1 fully saturated rings. The van der Waals surface area contributed by atoms with Gasteiger partial charge in [0.1, 0.15) is 11.7 Å². The van der Waals surface area contributed by atoms with Crippen LogP contribution >= 0.6 is 11.6 Å². The van der Waals surface area contributed by atoms with E-state index in [1.807, 2.05) is 12.1 Å². The Hall–Kier alpha value is -2.15. The highest BCUT2D eigenvalue weighted by molar-refractivity contribution is 6.27. The third-order valence-electron chi connectivity index (χ3n) is 3.60. The zero-order chi connectivity index (χ0) is 15.5. The van der Waals surface area contributed by atoms with Crippen molar-refractivity contribution in [2.24, 2.45) is 0 Å². The highest BCUT2D eigenvalue weighted by atomic mass is 35.5. The van der Waals surface area contributed by atoms with Crippen molar-refractivity contribution in [2.75, 3.05) is 37.0 Å². The molecule has 0 N–H and O–H groups in total. The van der Waals surface area contributed by atoms with Gasteiger partial charge in [0.15, 0.2) is 0 Å². The summed E-state index contributed by atoms with van der Waals surface area (Å²) < 4.78 is 4.96. The van der Waals surface area contributed by atoms with Gasteiger partial charge in [-0.05, 0) is 12.1 Å². The summed E-state index contributed by atoms with van der Waals surface area (Å²) in [5.74, 6) is 1.96. The summed E-state index contributed by atoms with van der Waals surface area (Å²) in [6.07, 6.45) is 1.73. The Bertz CT molecular complexity index is 650. The van der Waals surface area contributed by atoms with Gasteiger partial charge in [-0.15, -0.1) is 11.6 Å². The Balaban J connectivity index is 1.65. The summed E-state index contributed by atoms with van der Waals surface area (Å²) in [7, 11) is 0. The Morgan fingerprint density at radius 2 is 2.09 bits per heavy atom. The Labute approximate surface area is 132 Å². The lowest BCUT2D eigenvalue weighted by Crippen LogP contribution is -2.49. The Kier molecular flexibility index (Phi) is 4.24. The minimum atomic E-state index is -0.0166. The third-order valence-corrected chi connectivity index (χ3v) is 3.83. The van der Waals surface area contributed by atoms with Crippen LogP contribution in [0.2, 0.25) is 0 Å². The highest BCUT2D eigenvalue weighted by Gasteiger charge is 2.21. The number of pyridine rings is 1. The number of carbonyl (C=O) groups excluding carboxylic acids is 1. The molecular formula is C14H16ClN5O2. The lowest BCUT2D eigenvalue weighted by Gasteiger charge is -2.35. The molecule has 0 aliphatic carbocycles. The van der Waals surface area contributed by atoms with Gasteiger partial charge in [-0.25, -0.2) is 4.98 Å². The van der Waals surface area contributed by atoms with Crippen molar-refractivity contribution in [2.45, 2.75) is 6.92 Å². The molecule has 0 aromatic carbocycles. The fourth-order valence-electron chi connectivity index (χ4n) is 2.39. The number of alkyl halides is 1. The summed E-state index contributed by atoms with van der Waals surface area (Å²) in [6.45, 7) is 4.57. The molecule has 3 heterocycles. The fraction of sp³-hybridized carbons (Fsp3) is 0.429. The monoisotopic (exact) mass is 321 g/mol. The van der Waals surface area contributed by atoms with Crippen molar-refractivity contribution >= 4 is 23.3 Å². The SMILES string of the molecule is Cc1nc(-c2ccc(N3CCN(C(=O)CCl)CC3)nc2)no1. The maximum absolute atomic E-state index is 11.6. The van der Waals surface area contributed by atoms with E-state index in [1.54, 1.807) is 18.0 Å². The summed E-state index contributed by atoms with van der Waals surface area (Å²) in [4.78, 5) is 24.1. The average Bonchev–Trinajstić information content (AvgIpc) is 3.01. The van der Waals surface area contributed by atoms with Crippen molar-refractivity contribution in [3.63, 3.8) is 0 Å². The number of hydrogen-bond donors (Lipinski definition) is 0. The number of nitrogens with zero attached hydrogens (tertiary/aromatic N) is 5. The maximum atomic E-state index is 11.6. The first kappa shape index (κ1) is 14.8.